The first-order valence-electron chi connectivity index (χ1n) is 6.65. The van der Waals surface area contributed by atoms with Crippen molar-refractivity contribution in [3.63, 3.8) is 0 Å². The molecule has 0 unspecified atom stereocenters. The van der Waals surface area contributed by atoms with Crippen LogP contribution in [-0.2, 0) is 11.3 Å². The Kier molecular flexibility index (Phi) is 5.17. The second kappa shape index (κ2) is 7.09. The second-order valence-corrected chi connectivity index (χ2v) is 5.19. The second-order valence-electron chi connectivity index (χ2n) is 4.75. The number of pyridine rings is 1. The Balaban J connectivity index is 1.90. The molecule has 0 saturated heterocycles. The monoisotopic (exact) mass is 304 g/mol. The summed E-state index contributed by atoms with van der Waals surface area (Å²) in [5.41, 5.74) is 1.84. The van der Waals surface area contributed by atoms with Gasteiger partial charge in [-0.05, 0) is 49.2 Å². The van der Waals surface area contributed by atoms with Crippen molar-refractivity contribution in [2.24, 2.45) is 0 Å². The largest absolute Gasteiger partial charge is 0.481 e. The minimum Gasteiger partial charge on any atom is -0.481 e. The molecule has 1 amide bonds. The van der Waals surface area contributed by atoms with Crippen LogP contribution in [0.1, 0.15) is 18.1 Å². The molecule has 0 bridgehead atoms. The summed E-state index contributed by atoms with van der Waals surface area (Å²) < 4.78 is 5.66. The minimum atomic E-state index is -0.582. The van der Waals surface area contributed by atoms with Crippen molar-refractivity contribution in [3.8, 4) is 5.75 Å². The highest BCUT2D eigenvalue weighted by molar-refractivity contribution is 6.30. The molecule has 1 heterocycles. The van der Waals surface area contributed by atoms with Crippen molar-refractivity contribution in [2.45, 2.75) is 26.5 Å². The summed E-state index contributed by atoms with van der Waals surface area (Å²) >= 11 is 5.89. The number of aryl methyl sites for hydroxylation is 1. The van der Waals surface area contributed by atoms with Gasteiger partial charge in [-0.25, -0.2) is 0 Å². The first kappa shape index (κ1) is 15.3. The van der Waals surface area contributed by atoms with Gasteiger partial charge < -0.3 is 10.1 Å². The number of carbonyl (C=O) groups is 1. The zero-order valence-electron chi connectivity index (χ0n) is 12.0. The van der Waals surface area contributed by atoms with E-state index >= 15 is 0 Å². The number of nitrogens with zero attached hydrogens (tertiary/aromatic N) is 1. The molecule has 0 radical (unpaired) electrons. The van der Waals surface area contributed by atoms with E-state index in [4.69, 9.17) is 16.3 Å². The smallest absolute Gasteiger partial charge is 0.261 e. The fourth-order valence-corrected chi connectivity index (χ4v) is 2.05. The maximum atomic E-state index is 12.0. The van der Waals surface area contributed by atoms with E-state index in [-0.39, 0.29) is 5.91 Å². The number of carbonyl (C=O) groups excluding carboxylic acids is 1. The van der Waals surface area contributed by atoms with Crippen LogP contribution in [0.25, 0.3) is 0 Å². The maximum absolute atomic E-state index is 12.0. The van der Waals surface area contributed by atoms with Crippen molar-refractivity contribution in [3.05, 3.63) is 58.9 Å². The summed E-state index contributed by atoms with van der Waals surface area (Å²) in [6.45, 7) is 4.04. The van der Waals surface area contributed by atoms with Gasteiger partial charge in [0.25, 0.3) is 5.91 Å². The van der Waals surface area contributed by atoms with Crippen LogP contribution in [0.5, 0.6) is 5.75 Å². The van der Waals surface area contributed by atoms with Gasteiger partial charge in [-0.15, -0.1) is 0 Å². The SMILES string of the molecule is Cc1cc(Cl)ccc1O[C@@H](C)C(=O)NCc1cccnc1. The van der Waals surface area contributed by atoms with Gasteiger partial charge in [-0.2, -0.15) is 0 Å². The standard InChI is InChI=1S/C16H17ClN2O2/c1-11-8-14(17)5-6-15(11)21-12(2)16(20)19-10-13-4-3-7-18-9-13/h3-9,12H,10H2,1-2H3,(H,19,20)/t12-/m0/s1. The molecule has 0 spiro atoms. The topological polar surface area (TPSA) is 51.2 Å². The molecule has 0 saturated carbocycles. The van der Waals surface area contributed by atoms with E-state index < -0.39 is 6.10 Å². The average molecular weight is 305 g/mol. The molecule has 2 aromatic rings. The Hall–Kier alpha value is -2.07. The van der Waals surface area contributed by atoms with Crippen LogP contribution in [0.15, 0.2) is 42.7 Å². The van der Waals surface area contributed by atoms with Crippen LogP contribution in [0.4, 0.5) is 0 Å². The molecule has 0 aliphatic rings. The Morgan fingerprint density at radius 2 is 2.24 bits per heavy atom. The quantitative estimate of drug-likeness (QED) is 0.923. The Labute approximate surface area is 129 Å². The molecule has 1 aromatic heterocycles. The third-order valence-electron chi connectivity index (χ3n) is 3.00. The maximum Gasteiger partial charge on any atom is 0.261 e. The lowest BCUT2D eigenvalue weighted by Gasteiger charge is -2.16. The van der Waals surface area contributed by atoms with Crippen LogP contribution in [0, 0.1) is 6.92 Å². The highest BCUT2D eigenvalue weighted by Gasteiger charge is 2.15. The fraction of sp³-hybridized carbons (Fsp3) is 0.250. The molecule has 2 rings (SSSR count). The molecule has 1 N–H and O–H groups in total. The van der Waals surface area contributed by atoms with E-state index in [0.29, 0.717) is 17.3 Å². The number of rotatable bonds is 5. The normalized spacial score (nSPS) is 11.8. The van der Waals surface area contributed by atoms with Gasteiger partial charge in [-0.1, -0.05) is 17.7 Å². The zero-order valence-corrected chi connectivity index (χ0v) is 12.7. The molecule has 5 heteroatoms. The summed E-state index contributed by atoms with van der Waals surface area (Å²) in [4.78, 5) is 16.0. The van der Waals surface area contributed by atoms with Crippen molar-refractivity contribution in [1.82, 2.24) is 10.3 Å². The van der Waals surface area contributed by atoms with Gasteiger partial charge in [-0.3, -0.25) is 9.78 Å². The molecule has 0 aliphatic heterocycles. The molecule has 4 nitrogen and oxygen atoms in total. The van der Waals surface area contributed by atoms with E-state index in [1.165, 1.54) is 0 Å². The molecule has 1 atom stereocenters. The average Bonchev–Trinajstić information content (AvgIpc) is 2.48. The number of ether oxygens (including phenoxy) is 1. The predicted octanol–water partition coefficient (Wildman–Crippen LogP) is 3.13. The Bertz CT molecular complexity index is 617. The number of nitrogens with one attached hydrogen (secondary N) is 1. The van der Waals surface area contributed by atoms with E-state index in [2.05, 4.69) is 10.3 Å². The Morgan fingerprint density at radius 3 is 2.90 bits per heavy atom. The van der Waals surface area contributed by atoms with E-state index in [1.807, 2.05) is 19.1 Å². The molecule has 21 heavy (non-hydrogen) atoms. The summed E-state index contributed by atoms with van der Waals surface area (Å²) in [6, 6.07) is 9.05. The van der Waals surface area contributed by atoms with Gasteiger partial charge in [0.05, 0.1) is 0 Å². The van der Waals surface area contributed by atoms with Crippen molar-refractivity contribution < 1.29 is 9.53 Å². The van der Waals surface area contributed by atoms with Crippen LogP contribution < -0.4 is 10.1 Å². The highest BCUT2D eigenvalue weighted by atomic mass is 35.5. The van der Waals surface area contributed by atoms with Crippen LogP contribution in [0.3, 0.4) is 0 Å². The number of hydrogen-bond donors (Lipinski definition) is 1. The summed E-state index contributed by atoms with van der Waals surface area (Å²) in [6.07, 6.45) is 2.83. The molecule has 1 aromatic carbocycles. The van der Waals surface area contributed by atoms with Gasteiger partial charge in [0, 0.05) is 24.0 Å². The van der Waals surface area contributed by atoms with Crippen molar-refractivity contribution in [1.29, 1.82) is 0 Å². The van der Waals surface area contributed by atoms with Crippen molar-refractivity contribution >= 4 is 17.5 Å². The van der Waals surface area contributed by atoms with Crippen molar-refractivity contribution in [2.75, 3.05) is 0 Å². The van der Waals surface area contributed by atoms with Gasteiger partial charge in [0.2, 0.25) is 0 Å². The van der Waals surface area contributed by atoms with Crippen LogP contribution >= 0.6 is 11.6 Å². The lowest BCUT2D eigenvalue weighted by atomic mass is 10.2. The number of halogens is 1. The molecular weight excluding hydrogens is 288 g/mol. The minimum absolute atomic E-state index is 0.173. The third-order valence-corrected chi connectivity index (χ3v) is 3.23. The lowest BCUT2D eigenvalue weighted by Crippen LogP contribution is -2.36. The van der Waals surface area contributed by atoms with Gasteiger partial charge >= 0.3 is 0 Å². The molecule has 0 aliphatic carbocycles. The summed E-state index contributed by atoms with van der Waals surface area (Å²) in [5, 5.41) is 3.47. The summed E-state index contributed by atoms with van der Waals surface area (Å²) in [7, 11) is 0. The third kappa shape index (κ3) is 4.46. The van der Waals surface area contributed by atoms with Crippen LogP contribution in [0.2, 0.25) is 5.02 Å². The van der Waals surface area contributed by atoms with Gasteiger partial charge in [0.1, 0.15) is 5.75 Å². The number of aromatic nitrogens is 1. The molecular formula is C16H17ClN2O2. The van der Waals surface area contributed by atoms with E-state index in [0.717, 1.165) is 11.1 Å². The lowest BCUT2D eigenvalue weighted by molar-refractivity contribution is -0.127. The first-order valence-corrected chi connectivity index (χ1v) is 7.03. The Morgan fingerprint density at radius 1 is 1.43 bits per heavy atom. The highest BCUT2D eigenvalue weighted by Crippen LogP contribution is 2.22. The predicted molar refractivity (Wildman–Crippen MR) is 82.4 cm³/mol. The van der Waals surface area contributed by atoms with E-state index in [1.54, 1.807) is 37.5 Å². The van der Waals surface area contributed by atoms with Gasteiger partial charge in [0.15, 0.2) is 6.10 Å². The summed E-state index contributed by atoms with van der Waals surface area (Å²) in [5.74, 6) is 0.483. The zero-order chi connectivity index (χ0) is 15.2. The number of amides is 1. The van der Waals surface area contributed by atoms with Crippen LogP contribution in [-0.4, -0.2) is 17.0 Å². The van der Waals surface area contributed by atoms with E-state index in [9.17, 15) is 4.79 Å². The number of benzene rings is 1. The number of hydrogen-bond acceptors (Lipinski definition) is 3. The first-order chi connectivity index (χ1) is 10.1. The fourth-order valence-electron chi connectivity index (χ4n) is 1.82. The molecule has 0 fully saturated rings. The molecule has 110 valence electrons.